The van der Waals surface area contributed by atoms with E-state index in [1.54, 1.807) is 11.8 Å². The summed E-state index contributed by atoms with van der Waals surface area (Å²) in [6, 6.07) is 7.65. The molecule has 7 nitrogen and oxygen atoms in total. The molecule has 1 N–H and O–H groups in total. The maximum absolute atomic E-state index is 12.7. The first-order chi connectivity index (χ1) is 11.1. The molecule has 1 unspecified atom stereocenters. The molecule has 1 saturated heterocycles. The maximum Gasteiger partial charge on any atom is 0.276 e. The third-order valence-corrected chi connectivity index (χ3v) is 4.18. The van der Waals surface area contributed by atoms with Gasteiger partial charge in [0.1, 0.15) is 5.75 Å². The molecule has 1 fully saturated rings. The monoisotopic (exact) mass is 351 g/mol. The Kier molecular flexibility index (Phi) is 5.80. The zero-order valence-electron chi connectivity index (χ0n) is 14.0. The fourth-order valence-corrected chi connectivity index (χ4v) is 2.77. The molecule has 1 aromatic heterocycles. The lowest BCUT2D eigenvalue weighted by Crippen LogP contribution is -2.52. The highest BCUT2D eigenvalue weighted by molar-refractivity contribution is 5.93. The van der Waals surface area contributed by atoms with E-state index in [9.17, 15) is 4.79 Å². The summed E-state index contributed by atoms with van der Waals surface area (Å²) in [5, 5.41) is 11.5. The quantitative estimate of drug-likeness (QED) is 0.906. The van der Waals surface area contributed by atoms with Crippen LogP contribution < -0.4 is 10.1 Å². The van der Waals surface area contributed by atoms with Gasteiger partial charge in [0.25, 0.3) is 5.91 Å². The largest absolute Gasteiger partial charge is 0.497 e. The van der Waals surface area contributed by atoms with E-state index in [0.717, 1.165) is 30.2 Å². The van der Waals surface area contributed by atoms with Crippen LogP contribution in [0.2, 0.25) is 0 Å². The number of benzene rings is 1. The van der Waals surface area contributed by atoms with Gasteiger partial charge in [0, 0.05) is 25.7 Å². The fraction of sp³-hybridized carbons (Fsp3) is 0.438. The van der Waals surface area contributed by atoms with Crippen LogP contribution in [0.3, 0.4) is 0 Å². The van der Waals surface area contributed by atoms with Crippen LogP contribution in [0.4, 0.5) is 0 Å². The zero-order chi connectivity index (χ0) is 16.4. The number of ether oxygens (including phenoxy) is 1. The number of carbonyl (C=O) groups excluding carboxylic acids is 1. The van der Waals surface area contributed by atoms with Gasteiger partial charge in [-0.05, 0) is 38.1 Å². The van der Waals surface area contributed by atoms with Crippen LogP contribution >= 0.6 is 12.4 Å². The Bertz CT molecular complexity index is 701. The van der Waals surface area contributed by atoms with E-state index in [-0.39, 0.29) is 24.4 Å². The van der Waals surface area contributed by atoms with Crippen LogP contribution in [0.5, 0.6) is 5.75 Å². The second-order valence-corrected chi connectivity index (χ2v) is 5.68. The van der Waals surface area contributed by atoms with Gasteiger partial charge in [-0.15, -0.1) is 17.5 Å². The van der Waals surface area contributed by atoms with Crippen molar-refractivity contribution in [1.82, 2.24) is 25.2 Å². The van der Waals surface area contributed by atoms with E-state index in [2.05, 4.69) is 15.6 Å². The molecule has 0 saturated carbocycles. The summed E-state index contributed by atoms with van der Waals surface area (Å²) in [5.74, 6) is 0.716. The summed E-state index contributed by atoms with van der Waals surface area (Å²) in [7, 11) is 1.63. The number of carbonyl (C=O) groups is 1. The topological polar surface area (TPSA) is 72.3 Å². The number of methoxy groups -OCH3 is 1. The summed E-state index contributed by atoms with van der Waals surface area (Å²) < 4.78 is 6.84. The van der Waals surface area contributed by atoms with Gasteiger partial charge >= 0.3 is 0 Å². The lowest BCUT2D eigenvalue weighted by molar-refractivity contribution is 0.0649. The van der Waals surface area contributed by atoms with Crippen molar-refractivity contribution in [2.75, 3.05) is 26.7 Å². The number of halogens is 1. The molecule has 1 aliphatic rings. The van der Waals surface area contributed by atoms with E-state index in [1.165, 1.54) is 0 Å². The molecule has 2 aromatic rings. The SMILES string of the molecule is COc1ccc(-n2nnc(C(=O)N3CCNCC3C)c2C)cc1.Cl. The van der Waals surface area contributed by atoms with Crippen molar-refractivity contribution in [2.45, 2.75) is 19.9 Å². The van der Waals surface area contributed by atoms with Crippen molar-refractivity contribution in [3.63, 3.8) is 0 Å². The highest BCUT2D eigenvalue weighted by Crippen LogP contribution is 2.18. The van der Waals surface area contributed by atoms with Gasteiger partial charge in [-0.25, -0.2) is 4.68 Å². The minimum atomic E-state index is -0.0590. The van der Waals surface area contributed by atoms with Crippen LogP contribution in [0.25, 0.3) is 5.69 Å². The first kappa shape index (κ1) is 18.2. The highest BCUT2D eigenvalue weighted by Gasteiger charge is 2.28. The molecule has 8 heteroatoms. The first-order valence-corrected chi connectivity index (χ1v) is 7.70. The summed E-state index contributed by atoms with van der Waals surface area (Å²) in [6.07, 6.45) is 0. The molecular formula is C16H22ClN5O2. The van der Waals surface area contributed by atoms with Crippen molar-refractivity contribution in [1.29, 1.82) is 0 Å². The van der Waals surface area contributed by atoms with Crippen molar-refractivity contribution in [3.8, 4) is 11.4 Å². The number of hydrogen-bond donors (Lipinski definition) is 1. The van der Waals surface area contributed by atoms with E-state index in [4.69, 9.17) is 4.74 Å². The van der Waals surface area contributed by atoms with Crippen LogP contribution in [0.15, 0.2) is 24.3 Å². The molecule has 1 aromatic carbocycles. The van der Waals surface area contributed by atoms with Crippen LogP contribution in [0, 0.1) is 6.92 Å². The third kappa shape index (κ3) is 3.37. The van der Waals surface area contributed by atoms with Crippen LogP contribution in [-0.2, 0) is 0 Å². The lowest BCUT2D eigenvalue weighted by atomic mass is 10.2. The number of nitrogens with zero attached hydrogens (tertiary/aromatic N) is 4. The Balaban J connectivity index is 0.00000208. The van der Waals surface area contributed by atoms with Gasteiger partial charge in [-0.2, -0.15) is 0 Å². The van der Waals surface area contributed by atoms with Crippen molar-refractivity contribution >= 4 is 18.3 Å². The molecular weight excluding hydrogens is 330 g/mol. The smallest absolute Gasteiger partial charge is 0.276 e. The summed E-state index contributed by atoms with van der Waals surface area (Å²) in [5.41, 5.74) is 2.00. The predicted molar refractivity (Wildman–Crippen MR) is 93.3 cm³/mol. The summed E-state index contributed by atoms with van der Waals surface area (Å²) in [6.45, 7) is 6.20. The molecule has 3 rings (SSSR count). The third-order valence-electron chi connectivity index (χ3n) is 4.18. The van der Waals surface area contributed by atoms with E-state index >= 15 is 0 Å². The molecule has 24 heavy (non-hydrogen) atoms. The van der Waals surface area contributed by atoms with Gasteiger partial charge < -0.3 is 15.0 Å². The summed E-state index contributed by atoms with van der Waals surface area (Å²) >= 11 is 0. The Morgan fingerprint density at radius 2 is 2.04 bits per heavy atom. The van der Waals surface area contributed by atoms with E-state index < -0.39 is 0 Å². The highest BCUT2D eigenvalue weighted by atomic mass is 35.5. The van der Waals surface area contributed by atoms with Crippen molar-refractivity contribution < 1.29 is 9.53 Å². The molecule has 0 radical (unpaired) electrons. The summed E-state index contributed by atoms with van der Waals surface area (Å²) in [4.78, 5) is 14.6. The average Bonchev–Trinajstić information content (AvgIpc) is 2.96. The van der Waals surface area contributed by atoms with E-state index in [0.29, 0.717) is 12.2 Å². The molecule has 0 spiro atoms. The maximum atomic E-state index is 12.7. The number of rotatable bonds is 3. The Morgan fingerprint density at radius 1 is 1.33 bits per heavy atom. The number of piperazine rings is 1. The average molecular weight is 352 g/mol. The minimum Gasteiger partial charge on any atom is -0.497 e. The molecule has 1 aliphatic heterocycles. The van der Waals surface area contributed by atoms with Crippen LogP contribution in [-0.4, -0.2) is 58.6 Å². The lowest BCUT2D eigenvalue weighted by Gasteiger charge is -2.33. The second kappa shape index (κ2) is 7.63. The van der Waals surface area contributed by atoms with Crippen LogP contribution in [0.1, 0.15) is 23.1 Å². The van der Waals surface area contributed by atoms with E-state index in [1.807, 2.05) is 43.0 Å². The molecule has 0 aliphatic carbocycles. The first-order valence-electron chi connectivity index (χ1n) is 7.70. The number of nitrogens with one attached hydrogen (secondary N) is 1. The minimum absolute atomic E-state index is 0. The van der Waals surface area contributed by atoms with Gasteiger partial charge in [-0.3, -0.25) is 4.79 Å². The van der Waals surface area contributed by atoms with Crippen molar-refractivity contribution in [3.05, 3.63) is 35.7 Å². The van der Waals surface area contributed by atoms with Gasteiger partial charge in [-0.1, -0.05) is 5.21 Å². The van der Waals surface area contributed by atoms with Gasteiger partial charge in [0.15, 0.2) is 5.69 Å². The van der Waals surface area contributed by atoms with Crippen molar-refractivity contribution in [2.24, 2.45) is 0 Å². The predicted octanol–water partition coefficient (Wildman–Crippen LogP) is 1.44. The standard InChI is InChI=1S/C16H21N5O2.ClH/c1-11-10-17-8-9-20(11)16(22)15-12(2)21(19-18-15)13-4-6-14(23-3)7-5-13;/h4-7,11,17H,8-10H2,1-3H3;1H. The number of aromatic nitrogens is 3. The Labute approximate surface area is 147 Å². The zero-order valence-corrected chi connectivity index (χ0v) is 14.8. The molecule has 1 amide bonds. The van der Waals surface area contributed by atoms with Gasteiger partial charge in [0.05, 0.1) is 18.5 Å². The molecule has 0 bridgehead atoms. The van der Waals surface area contributed by atoms with Gasteiger partial charge in [0.2, 0.25) is 0 Å². The fourth-order valence-electron chi connectivity index (χ4n) is 2.77. The second-order valence-electron chi connectivity index (χ2n) is 5.68. The number of hydrogen-bond acceptors (Lipinski definition) is 5. The molecule has 1 atom stereocenters. The Hall–Kier alpha value is -2.12. The Morgan fingerprint density at radius 3 is 2.67 bits per heavy atom. The number of amides is 1. The molecule has 2 heterocycles. The molecule has 130 valence electrons. The normalized spacial score (nSPS) is 17.3.